The topological polar surface area (TPSA) is 61.3 Å². The second-order valence-electron chi connectivity index (χ2n) is 4.97. The summed E-state index contributed by atoms with van der Waals surface area (Å²) in [4.78, 5) is 4.35. The molecule has 0 amide bonds. The Morgan fingerprint density at radius 2 is 2.28 bits per heavy atom. The van der Waals surface area contributed by atoms with Gasteiger partial charge in [-0.25, -0.2) is 4.98 Å². The van der Waals surface area contributed by atoms with Gasteiger partial charge in [-0.05, 0) is 30.5 Å². The van der Waals surface area contributed by atoms with Gasteiger partial charge in [-0.2, -0.15) is 0 Å². The summed E-state index contributed by atoms with van der Waals surface area (Å²) in [5.74, 6) is 1.51. The Balaban J connectivity index is 1.53. The standard InChI is InChI=1S/C14H18N2O2/c15-11-4-5-13-12(8-11)16-14(18-13)9-17-7-6-10-2-1-3-10/h4-5,8,10H,1-3,6-7,9,15H2. The van der Waals surface area contributed by atoms with Gasteiger partial charge in [-0.1, -0.05) is 19.3 Å². The lowest BCUT2D eigenvalue weighted by Gasteiger charge is -2.24. The van der Waals surface area contributed by atoms with Gasteiger partial charge >= 0.3 is 0 Å². The fourth-order valence-corrected chi connectivity index (χ4v) is 2.24. The third kappa shape index (κ3) is 2.48. The lowest BCUT2D eigenvalue weighted by molar-refractivity contribution is 0.0817. The fourth-order valence-electron chi connectivity index (χ4n) is 2.24. The van der Waals surface area contributed by atoms with E-state index in [1.807, 2.05) is 18.2 Å². The summed E-state index contributed by atoms with van der Waals surface area (Å²) in [6.45, 7) is 1.24. The summed E-state index contributed by atoms with van der Waals surface area (Å²) in [6, 6.07) is 5.47. The molecule has 1 saturated carbocycles. The predicted molar refractivity (Wildman–Crippen MR) is 70.0 cm³/mol. The zero-order chi connectivity index (χ0) is 12.4. The quantitative estimate of drug-likeness (QED) is 0.650. The molecule has 1 heterocycles. The highest BCUT2D eigenvalue weighted by molar-refractivity contribution is 5.76. The maximum atomic E-state index is 5.70. The molecule has 1 fully saturated rings. The van der Waals surface area contributed by atoms with Crippen LogP contribution >= 0.6 is 0 Å². The van der Waals surface area contributed by atoms with E-state index in [-0.39, 0.29) is 0 Å². The molecular formula is C14H18N2O2. The molecule has 4 heteroatoms. The number of benzene rings is 1. The molecule has 0 atom stereocenters. The van der Waals surface area contributed by atoms with E-state index in [1.54, 1.807) is 0 Å². The molecule has 2 N–H and O–H groups in total. The minimum atomic E-state index is 0.446. The SMILES string of the molecule is Nc1ccc2oc(COCCC3CCC3)nc2c1. The molecule has 0 bridgehead atoms. The van der Waals surface area contributed by atoms with Gasteiger partial charge in [0.15, 0.2) is 5.58 Å². The summed E-state index contributed by atoms with van der Waals surface area (Å²) in [7, 11) is 0. The highest BCUT2D eigenvalue weighted by atomic mass is 16.5. The molecule has 0 saturated heterocycles. The number of nitrogen functional groups attached to an aromatic ring is 1. The van der Waals surface area contributed by atoms with Crippen LogP contribution in [0.4, 0.5) is 5.69 Å². The van der Waals surface area contributed by atoms with Crippen molar-refractivity contribution in [1.82, 2.24) is 4.98 Å². The average molecular weight is 246 g/mol. The molecule has 1 aliphatic rings. The second kappa shape index (κ2) is 4.98. The van der Waals surface area contributed by atoms with Crippen LogP contribution in [0.2, 0.25) is 0 Å². The third-order valence-electron chi connectivity index (χ3n) is 3.58. The van der Waals surface area contributed by atoms with Crippen LogP contribution in [-0.2, 0) is 11.3 Å². The van der Waals surface area contributed by atoms with E-state index in [1.165, 1.54) is 19.3 Å². The molecular weight excluding hydrogens is 228 g/mol. The Hall–Kier alpha value is -1.55. The summed E-state index contributed by atoms with van der Waals surface area (Å²) < 4.78 is 11.2. The highest BCUT2D eigenvalue weighted by Crippen LogP contribution is 2.29. The van der Waals surface area contributed by atoms with E-state index >= 15 is 0 Å². The molecule has 1 aromatic heterocycles. The number of hydrogen-bond donors (Lipinski definition) is 1. The molecule has 0 aliphatic heterocycles. The molecule has 2 aromatic rings. The number of nitrogens with zero attached hydrogens (tertiary/aromatic N) is 1. The second-order valence-corrected chi connectivity index (χ2v) is 4.97. The first-order valence-corrected chi connectivity index (χ1v) is 6.54. The molecule has 0 radical (unpaired) electrons. The lowest BCUT2D eigenvalue weighted by atomic mass is 9.83. The number of aromatic nitrogens is 1. The number of fused-ring (bicyclic) bond motifs is 1. The summed E-state index contributed by atoms with van der Waals surface area (Å²) in [6.07, 6.45) is 5.28. The third-order valence-corrected chi connectivity index (χ3v) is 3.58. The van der Waals surface area contributed by atoms with E-state index in [2.05, 4.69) is 4.98 Å². The zero-order valence-electron chi connectivity index (χ0n) is 10.4. The molecule has 4 nitrogen and oxygen atoms in total. The maximum Gasteiger partial charge on any atom is 0.221 e. The van der Waals surface area contributed by atoms with Crippen LogP contribution in [0.15, 0.2) is 22.6 Å². The number of oxazole rings is 1. The van der Waals surface area contributed by atoms with Crippen LogP contribution in [0.1, 0.15) is 31.6 Å². The van der Waals surface area contributed by atoms with Crippen molar-refractivity contribution in [3.05, 3.63) is 24.1 Å². The Morgan fingerprint density at radius 3 is 3.06 bits per heavy atom. The van der Waals surface area contributed by atoms with Gasteiger partial charge in [0, 0.05) is 12.3 Å². The van der Waals surface area contributed by atoms with Gasteiger partial charge in [-0.3, -0.25) is 0 Å². The minimum absolute atomic E-state index is 0.446. The van der Waals surface area contributed by atoms with Gasteiger partial charge in [0.05, 0.1) is 0 Å². The van der Waals surface area contributed by atoms with E-state index in [4.69, 9.17) is 14.9 Å². The molecule has 3 rings (SSSR count). The predicted octanol–water partition coefficient (Wildman–Crippen LogP) is 3.12. The van der Waals surface area contributed by atoms with Crippen LogP contribution in [0, 0.1) is 5.92 Å². The lowest BCUT2D eigenvalue weighted by Crippen LogP contribution is -2.13. The highest BCUT2D eigenvalue weighted by Gasteiger charge is 2.16. The number of nitrogens with two attached hydrogens (primary N) is 1. The Bertz CT molecular complexity index is 532. The van der Waals surface area contributed by atoms with Crippen LogP contribution in [0.5, 0.6) is 0 Å². The van der Waals surface area contributed by atoms with Crippen molar-refractivity contribution in [3.63, 3.8) is 0 Å². The van der Waals surface area contributed by atoms with Crippen molar-refractivity contribution in [2.45, 2.75) is 32.3 Å². The molecule has 1 aromatic carbocycles. The van der Waals surface area contributed by atoms with E-state index in [0.717, 1.165) is 30.0 Å². The van der Waals surface area contributed by atoms with Crippen LogP contribution < -0.4 is 5.73 Å². The van der Waals surface area contributed by atoms with Gasteiger partial charge in [0.25, 0.3) is 0 Å². The summed E-state index contributed by atoms with van der Waals surface area (Å²) >= 11 is 0. The Labute approximate surface area is 106 Å². The minimum Gasteiger partial charge on any atom is -0.438 e. The molecule has 18 heavy (non-hydrogen) atoms. The van der Waals surface area contributed by atoms with E-state index in [9.17, 15) is 0 Å². The van der Waals surface area contributed by atoms with Crippen LogP contribution in [-0.4, -0.2) is 11.6 Å². The molecule has 1 aliphatic carbocycles. The first-order chi connectivity index (χ1) is 8.81. The van der Waals surface area contributed by atoms with Crippen LogP contribution in [0.3, 0.4) is 0 Å². The Morgan fingerprint density at radius 1 is 1.39 bits per heavy atom. The number of ether oxygens (including phenoxy) is 1. The molecule has 0 spiro atoms. The molecule has 0 unspecified atom stereocenters. The number of hydrogen-bond acceptors (Lipinski definition) is 4. The first kappa shape index (κ1) is 11.5. The van der Waals surface area contributed by atoms with Crippen molar-refractivity contribution in [2.75, 3.05) is 12.3 Å². The van der Waals surface area contributed by atoms with Crippen molar-refractivity contribution < 1.29 is 9.15 Å². The smallest absolute Gasteiger partial charge is 0.221 e. The van der Waals surface area contributed by atoms with Crippen molar-refractivity contribution in [2.24, 2.45) is 5.92 Å². The monoisotopic (exact) mass is 246 g/mol. The maximum absolute atomic E-state index is 5.70. The van der Waals surface area contributed by atoms with Gasteiger partial charge < -0.3 is 14.9 Å². The Kier molecular flexibility index (Phi) is 3.19. The van der Waals surface area contributed by atoms with Gasteiger partial charge in [-0.15, -0.1) is 0 Å². The van der Waals surface area contributed by atoms with E-state index < -0.39 is 0 Å². The number of rotatable bonds is 5. The van der Waals surface area contributed by atoms with Gasteiger partial charge in [0.2, 0.25) is 5.89 Å². The average Bonchev–Trinajstić information content (AvgIpc) is 2.68. The van der Waals surface area contributed by atoms with Gasteiger partial charge in [0.1, 0.15) is 12.1 Å². The zero-order valence-corrected chi connectivity index (χ0v) is 10.4. The summed E-state index contributed by atoms with van der Waals surface area (Å²) in [5, 5.41) is 0. The van der Waals surface area contributed by atoms with Crippen molar-refractivity contribution in [1.29, 1.82) is 0 Å². The van der Waals surface area contributed by atoms with Crippen molar-refractivity contribution in [3.8, 4) is 0 Å². The van der Waals surface area contributed by atoms with Crippen molar-refractivity contribution >= 4 is 16.8 Å². The normalized spacial score (nSPS) is 16.0. The first-order valence-electron chi connectivity index (χ1n) is 6.54. The molecule has 96 valence electrons. The fraction of sp³-hybridized carbons (Fsp3) is 0.500. The number of anilines is 1. The summed E-state index contributed by atoms with van der Waals surface area (Å²) in [5.41, 5.74) is 7.96. The van der Waals surface area contributed by atoms with E-state index in [0.29, 0.717) is 18.2 Å². The largest absolute Gasteiger partial charge is 0.438 e. The van der Waals surface area contributed by atoms with Crippen LogP contribution in [0.25, 0.3) is 11.1 Å².